The van der Waals surface area contributed by atoms with E-state index in [4.69, 9.17) is 0 Å². The minimum Gasteiger partial charge on any atom is -0.391 e. The third-order valence-corrected chi connectivity index (χ3v) is 5.08. The van der Waals surface area contributed by atoms with E-state index in [0.29, 0.717) is 26.1 Å². The van der Waals surface area contributed by atoms with E-state index in [2.05, 4.69) is 15.0 Å². The molecule has 1 aliphatic heterocycles. The average molecular weight is 367 g/mol. The minimum absolute atomic E-state index is 0.0542. The lowest BCUT2D eigenvalue weighted by Crippen LogP contribution is -2.31. The van der Waals surface area contributed by atoms with Crippen molar-refractivity contribution in [3.8, 4) is 0 Å². The summed E-state index contributed by atoms with van der Waals surface area (Å²) in [5, 5.41) is 10.3. The van der Waals surface area contributed by atoms with Crippen LogP contribution in [0.5, 0.6) is 0 Å². The number of H-pyrrole nitrogens is 1. The molecule has 1 aliphatic rings. The highest BCUT2D eigenvalue weighted by molar-refractivity contribution is 5.78. The molecule has 8 nitrogen and oxygen atoms in total. The van der Waals surface area contributed by atoms with Gasteiger partial charge < -0.3 is 15.0 Å². The van der Waals surface area contributed by atoms with Gasteiger partial charge in [0.25, 0.3) is 0 Å². The first-order valence-electron chi connectivity index (χ1n) is 9.00. The number of likely N-dealkylation sites (tertiary alicyclic amines) is 1. The van der Waals surface area contributed by atoms with Crippen molar-refractivity contribution in [2.24, 2.45) is 5.92 Å². The molecule has 0 spiro atoms. The van der Waals surface area contributed by atoms with Crippen molar-refractivity contribution in [2.45, 2.75) is 25.5 Å². The van der Waals surface area contributed by atoms with Gasteiger partial charge in [0.1, 0.15) is 0 Å². The molecule has 0 aliphatic carbocycles. The Hall–Kier alpha value is -3.00. The van der Waals surface area contributed by atoms with Gasteiger partial charge in [-0.25, -0.2) is 4.79 Å². The van der Waals surface area contributed by atoms with Gasteiger partial charge >= 0.3 is 5.69 Å². The van der Waals surface area contributed by atoms with E-state index in [1.807, 2.05) is 24.3 Å². The van der Waals surface area contributed by atoms with E-state index in [1.165, 1.54) is 0 Å². The van der Waals surface area contributed by atoms with Crippen molar-refractivity contribution in [1.29, 1.82) is 0 Å². The number of aliphatic hydroxyl groups excluding tert-OH is 1. The Kier molecular flexibility index (Phi) is 4.72. The van der Waals surface area contributed by atoms with Crippen LogP contribution in [0.2, 0.25) is 0 Å². The molecule has 27 heavy (non-hydrogen) atoms. The van der Waals surface area contributed by atoms with E-state index in [9.17, 15) is 14.7 Å². The largest absolute Gasteiger partial charge is 0.391 e. The lowest BCUT2D eigenvalue weighted by molar-refractivity contribution is -0.130. The Morgan fingerprint density at radius 3 is 2.93 bits per heavy atom. The molecule has 2 N–H and O–H groups in total. The molecule has 1 aromatic carbocycles. The standard InChI is InChI=1S/C19H21N5O3/c25-17-12-23(11-13(17)9-14-10-20-6-7-21-14)18(26)5-8-24-16-4-2-1-3-15(16)22-19(24)27/h1-4,6-7,10,13,17,25H,5,8-9,11-12H2,(H,22,27)/t13-,17-/m1/s1. The topological polar surface area (TPSA) is 104 Å². The Labute approximate surface area is 155 Å². The number of β-amino-alcohol motifs (C(OH)–C–C–N with tert-alkyl or cyclic N) is 1. The number of aryl methyl sites for hydroxylation is 1. The number of rotatable bonds is 5. The predicted molar refractivity (Wildman–Crippen MR) is 99.0 cm³/mol. The molecule has 0 bridgehead atoms. The van der Waals surface area contributed by atoms with Crippen LogP contribution in [0, 0.1) is 5.92 Å². The number of imidazole rings is 1. The molecular weight excluding hydrogens is 346 g/mol. The summed E-state index contributed by atoms with van der Waals surface area (Å²) in [7, 11) is 0. The summed E-state index contributed by atoms with van der Waals surface area (Å²) in [6.07, 6.45) is 5.13. The van der Waals surface area contributed by atoms with Gasteiger partial charge in [-0.15, -0.1) is 0 Å². The van der Waals surface area contributed by atoms with Crippen LogP contribution in [-0.2, 0) is 17.8 Å². The maximum atomic E-state index is 12.6. The van der Waals surface area contributed by atoms with Crippen LogP contribution in [-0.4, -0.2) is 54.6 Å². The maximum Gasteiger partial charge on any atom is 0.326 e. The zero-order chi connectivity index (χ0) is 18.8. The number of benzene rings is 1. The number of aliphatic hydroxyl groups is 1. The van der Waals surface area contributed by atoms with Crippen LogP contribution in [0.1, 0.15) is 12.1 Å². The van der Waals surface area contributed by atoms with Crippen molar-refractivity contribution in [3.63, 3.8) is 0 Å². The molecule has 2 atom stereocenters. The Morgan fingerprint density at radius 2 is 2.11 bits per heavy atom. The zero-order valence-corrected chi connectivity index (χ0v) is 14.8. The Morgan fingerprint density at radius 1 is 1.26 bits per heavy atom. The fraction of sp³-hybridized carbons (Fsp3) is 0.368. The summed E-state index contributed by atoms with van der Waals surface area (Å²) in [5.41, 5.74) is 2.14. The fourth-order valence-corrected chi connectivity index (χ4v) is 3.66. The number of nitrogens with one attached hydrogen (secondary N) is 1. The second-order valence-electron chi connectivity index (χ2n) is 6.88. The number of amides is 1. The normalized spacial score (nSPS) is 19.7. The van der Waals surface area contributed by atoms with Crippen molar-refractivity contribution in [2.75, 3.05) is 13.1 Å². The van der Waals surface area contributed by atoms with E-state index >= 15 is 0 Å². The van der Waals surface area contributed by atoms with E-state index in [0.717, 1.165) is 16.7 Å². The van der Waals surface area contributed by atoms with Crippen LogP contribution in [0.25, 0.3) is 11.0 Å². The van der Waals surface area contributed by atoms with Crippen molar-refractivity contribution in [3.05, 3.63) is 59.0 Å². The van der Waals surface area contributed by atoms with Crippen molar-refractivity contribution < 1.29 is 9.90 Å². The number of carbonyl (C=O) groups is 1. The molecule has 140 valence electrons. The van der Waals surface area contributed by atoms with Crippen molar-refractivity contribution >= 4 is 16.9 Å². The molecule has 8 heteroatoms. The summed E-state index contributed by atoms with van der Waals surface area (Å²) in [6, 6.07) is 7.41. The number of carbonyl (C=O) groups excluding carboxylic acids is 1. The fourth-order valence-electron chi connectivity index (χ4n) is 3.66. The first-order valence-corrected chi connectivity index (χ1v) is 9.00. The first-order chi connectivity index (χ1) is 13.1. The number of nitrogens with zero attached hydrogens (tertiary/aromatic N) is 4. The molecule has 3 aromatic rings. The van der Waals surface area contributed by atoms with Gasteiger partial charge in [0.2, 0.25) is 5.91 Å². The highest BCUT2D eigenvalue weighted by Crippen LogP contribution is 2.21. The summed E-state index contributed by atoms with van der Waals surface area (Å²) in [5.74, 6) is -0.116. The summed E-state index contributed by atoms with van der Waals surface area (Å²) < 4.78 is 1.58. The molecule has 4 rings (SSSR count). The number of hydrogen-bond donors (Lipinski definition) is 2. The quantitative estimate of drug-likeness (QED) is 0.686. The highest BCUT2D eigenvalue weighted by atomic mass is 16.3. The maximum absolute atomic E-state index is 12.6. The van der Waals surface area contributed by atoms with Gasteiger partial charge in [-0.2, -0.15) is 0 Å². The van der Waals surface area contributed by atoms with Crippen molar-refractivity contribution in [1.82, 2.24) is 24.4 Å². The smallest absolute Gasteiger partial charge is 0.326 e. The van der Waals surface area contributed by atoms with Crippen LogP contribution < -0.4 is 5.69 Å². The van der Waals surface area contributed by atoms with Gasteiger partial charge in [0.05, 0.1) is 22.8 Å². The second-order valence-corrected chi connectivity index (χ2v) is 6.88. The van der Waals surface area contributed by atoms with Crippen LogP contribution >= 0.6 is 0 Å². The number of fused-ring (bicyclic) bond motifs is 1. The van der Waals surface area contributed by atoms with Crippen LogP contribution in [0.4, 0.5) is 0 Å². The Bertz CT molecular complexity index is 997. The number of aromatic nitrogens is 4. The number of aromatic amines is 1. The zero-order valence-electron chi connectivity index (χ0n) is 14.8. The highest BCUT2D eigenvalue weighted by Gasteiger charge is 2.34. The third-order valence-electron chi connectivity index (χ3n) is 5.08. The van der Waals surface area contributed by atoms with Gasteiger partial charge in [0, 0.05) is 50.6 Å². The van der Waals surface area contributed by atoms with Gasteiger partial charge in [-0.3, -0.25) is 19.3 Å². The van der Waals surface area contributed by atoms with Crippen LogP contribution in [0.3, 0.4) is 0 Å². The molecule has 1 fully saturated rings. The van der Waals surface area contributed by atoms with Crippen LogP contribution in [0.15, 0.2) is 47.7 Å². The van der Waals surface area contributed by atoms with E-state index in [-0.39, 0.29) is 23.9 Å². The minimum atomic E-state index is -0.577. The second kappa shape index (κ2) is 7.32. The van der Waals surface area contributed by atoms with Gasteiger partial charge in [0.15, 0.2) is 0 Å². The average Bonchev–Trinajstić information content (AvgIpc) is 3.20. The van der Waals surface area contributed by atoms with Gasteiger partial charge in [-0.05, 0) is 18.6 Å². The molecule has 0 saturated carbocycles. The number of para-hydroxylation sites is 2. The monoisotopic (exact) mass is 367 g/mol. The summed E-state index contributed by atoms with van der Waals surface area (Å²) in [6.45, 7) is 1.11. The molecule has 1 saturated heterocycles. The third kappa shape index (κ3) is 3.61. The predicted octanol–water partition coefficient (Wildman–Crippen LogP) is 0.572. The van der Waals surface area contributed by atoms with E-state index < -0.39 is 6.10 Å². The molecule has 0 radical (unpaired) electrons. The first kappa shape index (κ1) is 17.4. The molecule has 3 heterocycles. The SMILES string of the molecule is O=C(CCn1c(=O)[nH]c2ccccc21)N1C[C@@H](Cc2cnccn2)[C@H](O)C1. The molecular formula is C19H21N5O3. The molecule has 2 aromatic heterocycles. The lowest BCUT2D eigenvalue weighted by atomic mass is 10.0. The molecule has 0 unspecified atom stereocenters. The summed E-state index contributed by atoms with van der Waals surface area (Å²) in [4.78, 5) is 37.4. The molecule has 1 amide bonds. The van der Waals surface area contributed by atoms with E-state index in [1.54, 1.807) is 28.1 Å². The lowest BCUT2D eigenvalue weighted by Gasteiger charge is -2.16. The van der Waals surface area contributed by atoms with Gasteiger partial charge in [-0.1, -0.05) is 12.1 Å². The number of hydrogen-bond acceptors (Lipinski definition) is 5. The summed E-state index contributed by atoms with van der Waals surface area (Å²) >= 11 is 0. The Balaban J connectivity index is 1.39.